The molecule has 4 rings (SSSR count). The van der Waals surface area contributed by atoms with Gasteiger partial charge in [0.25, 0.3) is 0 Å². The lowest BCUT2D eigenvalue weighted by molar-refractivity contribution is 0.0950. The Hall–Kier alpha value is -3.75. The molecule has 196 valence electrons. The molecule has 0 spiro atoms. The third kappa shape index (κ3) is 5.21. The van der Waals surface area contributed by atoms with Crippen LogP contribution in [0.1, 0.15) is 24.5 Å². The first-order valence-corrected chi connectivity index (χ1v) is 12.8. The number of hydrogen-bond acceptors (Lipinski definition) is 10. The van der Waals surface area contributed by atoms with Gasteiger partial charge in [-0.25, -0.2) is 18.4 Å². The highest BCUT2D eigenvalue weighted by molar-refractivity contribution is 7.93. The molecule has 0 saturated carbocycles. The topological polar surface area (TPSA) is 159 Å². The van der Waals surface area contributed by atoms with E-state index in [9.17, 15) is 8.42 Å². The number of hydrogen-bond donors (Lipinski definition) is 2. The van der Waals surface area contributed by atoms with E-state index in [1.54, 1.807) is 24.3 Å². The van der Waals surface area contributed by atoms with Crippen LogP contribution in [0.5, 0.6) is 11.5 Å². The minimum atomic E-state index is -4.14. The smallest absolute Gasteiger partial charge is 0.243 e. The maximum Gasteiger partial charge on any atom is 0.243 e. The van der Waals surface area contributed by atoms with Gasteiger partial charge in [0.05, 0.1) is 19.2 Å². The summed E-state index contributed by atoms with van der Waals surface area (Å²) in [6, 6.07) is 6.90. The van der Waals surface area contributed by atoms with Crippen LogP contribution in [0.4, 0.5) is 5.95 Å². The van der Waals surface area contributed by atoms with Gasteiger partial charge in [0.2, 0.25) is 16.0 Å². The van der Waals surface area contributed by atoms with Gasteiger partial charge in [0, 0.05) is 25.2 Å². The van der Waals surface area contributed by atoms with Crippen LogP contribution in [-0.4, -0.2) is 69.9 Å². The normalized spacial score (nSPS) is 13.2. The minimum absolute atomic E-state index is 0.114. The third-order valence-electron chi connectivity index (χ3n) is 5.52. The number of rotatable bonds is 10. The van der Waals surface area contributed by atoms with Gasteiger partial charge in [-0.3, -0.25) is 14.4 Å². The van der Waals surface area contributed by atoms with Crippen molar-refractivity contribution >= 4 is 27.6 Å². The number of nitrogens with zero attached hydrogens (tertiary/aromatic N) is 6. The second-order valence-corrected chi connectivity index (χ2v) is 10.4. The first kappa shape index (κ1) is 26.3. The summed E-state index contributed by atoms with van der Waals surface area (Å²) in [7, 11) is 0.209. The third-order valence-corrected chi connectivity index (χ3v) is 7.41. The fraction of sp³-hybridized carbons (Fsp3) is 0.318. The first-order valence-electron chi connectivity index (χ1n) is 10.9. The Kier molecular flexibility index (Phi) is 7.61. The summed E-state index contributed by atoms with van der Waals surface area (Å²) >= 11 is 5.87. The van der Waals surface area contributed by atoms with Crippen LogP contribution < -0.4 is 14.2 Å². The number of halogens is 1. The highest BCUT2D eigenvalue weighted by Crippen LogP contribution is 2.38. The molecule has 37 heavy (non-hydrogen) atoms. The molecule has 3 aromatic heterocycles. The predicted molar refractivity (Wildman–Crippen MR) is 136 cm³/mol. The molecular formula is C22H25ClN8O5S. The van der Waals surface area contributed by atoms with Gasteiger partial charge in [0.15, 0.2) is 11.6 Å². The van der Waals surface area contributed by atoms with Crippen molar-refractivity contribution in [1.29, 1.82) is 0 Å². The summed E-state index contributed by atoms with van der Waals surface area (Å²) in [4.78, 5) is 8.22. The number of H-pyrrole nitrogens is 1. The van der Waals surface area contributed by atoms with E-state index in [0.29, 0.717) is 27.9 Å². The number of methoxy groups -OCH3 is 3. The van der Waals surface area contributed by atoms with E-state index >= 15 is 0 Å². The van der Waals surface area contributed by atoms with Gasteiger partial charge in [-0.05, 0) is 32.0 Å². The fourth-order valence-corrected chi connectivity index (χ4v) is 4.90. The highest BCUT2D eigenvalue weighted by atomic mass is 35.5. The molecule has 0 fully saturated rings. The Bertz CT molecular complexity index is 1470. The summed E-state index contributed by atoms with van der Waals surface area (Å²) in [5.41, 5.74) is 1.59. The molecule has 2 N–H and O–H groups in total. The Morgan fingerprint density at radius 2 is 1.73 bits per heavy atom. The minimum Gasteiger partial charge on any atom is -0.494 e. The summed E-state index contributed by atoms with van der Waals surface area (Å²) in [6.45, 7) is 3.30. The lowest BCUT2D eigenvalue weighted by atomic mass is 10.2. The van der Waals surface area contributed by atoms with Gasteiger partial charge < -0.3 is 14.2 Å². The fourth-order valence-electron chi connectivity index (χ4n) is 3.67. The van der Waals surface area contributed by atoms with Crippen molar-refractivity contribution in [2.45, 2.75) is 25.2 Å². The van der Waals surface area contributed by atoms with E-state index < -0.39 is 21.4 Å². The zero-order valence-electron chi connectivity index (χ0n) is 20.6. The Morgan fingerprint density at radius 3 is 2.27 bits per heavy atom. The molecule has 13 nitrogen and oxygen atoms in total. The number of sulfonamides is 1. The standard InChI is InChI=1S/C22H25ClN8O5S/c1-12-9-15(27-26-12)21-28-29-22(31(21)18-16(34-3)7-6-8-17(18)35-4)30-37(32,33)13(2)19(36-5)20-24-10-14(23)11-25-20/h6-11,13,19H,1-5H3,(H,26,27)(H,29,30)/t13-,19-/m0/s1. The first-order chi connectivity index (χ1) is 17.7. The number of aryl methyl sites for hydroxylation is 1. The maximum atomic E-state index is 13.5. The van der Waals surface area contributed by atoms with Gasteiger partial charge >= 0.3 is 0 Å². The lowest BCUT2D eigenvalue weighted by Gasteiger charge is -2.22. The zero-order valence-corrected chi connectivity index (χ0v) is 22.2. The molecule has 3 heterocycles. The van der Waals surface area contributed by atoms with Crippen LogP contribution in [0.3, 0.4) is 0 Å². The van der Waals surface area contributed by atoms with Gasteiger partial charge in [0.1, 0.15) is 34.2 Å². The number of nitrogens with one attached hydrogen (secondary N) is 2. The number of anilines is 1. The SMILES string of the molecule is COc1cccc(OC)c1-n1c(NS(=O)(=O)[C@@H](C)[C@H](OC)c2ncc(Cl)cn2)nnc1-c1cc(C)[nH]n1. The molecule has 0 aliphatic carbocycles. The summed E-state index contributed by atoms with van der Waals surface area (Å²) in [5, 5.41) is 14.6. The van der Waals surface area contributed by atoms with E-state index in [0.717, 1.165) is 5.69 Å². The molecule has 0 aliphatic heterocycles. The number of ether oxygens (including phenoxy) is 3. The van der Waals surface area contributed by atoms with Crippen LogP contribution in [0.25, 0.3) is 17.2 Å². The van der Waals surface area contributed by atoms with E-state index in [4.69, 9.17) is 25.8 Å². The summed E-state index contributed by atoms with van der Waals surface area (Å²) in [5.74, 6) is 1.08. The average Bonchev–Trinajstić information content (AvgIpc) is 3.50. The number of aromatic nitrogens is 7. The van der Waals surface area contributed by atoms with E-state index in [1.165, 1.54) is 45.2 Å². The Morgan fingerprint density at radius 1 is 1.08 bits per heavy atom. The van der Waals surface area contributed by atoms with Crippen molar-refractivity contribution in [3.8, 4) is 28.7 Å². The molecule has 2 atom stereocenters. The van der Waals surface area contributed by atoms with Crippen molar-refractivity contribution in [2.75, 3.05) is 26.1 Å². The molecule has 0 unspecified atom stereocenters. The lowest BCUT2D eigenvalue weighted by Crippen LogP contribution is -2.33. The van der Waals surface area contributed by atoms with Crippen molar-refractivity contribution in [3.63, 3.8) is 0 Å². The van der Waals surface area contributed by atoms with E-state index in [-0.39, 0.29) is 17.6 Å². The number of para-hydroxylation sites is 1. The second kappa shape index (κ2) is 10.7. The monoisotopic (exact) mass is 548 g/mol. The van der Waals surface area contributed by atoms with E-state index in [1.807, 2.05) is 6.92 Å². The van der Waals surface area contributed by atoms with Gasteiger partial charge in [-0.1, -0.05) is 17.7 Å². The van der Waals surface area contributed by atoms with Crippen LogP contribution in [0, 0.1) is 6.92 Å². The zero-order chi connectivity index (χ0) is 26.7. The number of benzene rings is 1. The molecule has 15 heteroatoms. The van der Waals surface area contributed by atoms with E-state index in [2.05, 4.69) is 35.1 Å². The molecule has 0 amide bonds. The summed E-state index contributed by atoms with van der Waals surface area (Å²) in [6.07, 6.45) is 1.73. The van der Waals surface area contributed by atoms with Crippen LogP contribution in [0.15, 0.2) is 36.7 Å². The molecule has 0 bridgehead atoms. The highest BCUT2D eigenvalue weighted by Gasteiger charge is 2.35. The number of aromatic amines is 1. The summed E-state index contributed by atoms with van der Waals surface area (Å²) < 4.78 is 47.6. The van der Waals surface area contributed by atoms with Crippen LogP contribution >= 0.6 is 11.6 Å². The maximum absolute atomic E-state index is 13.5. The average molecular weight is 549 g/mol. The Labute approximate surface area is 218 Å². The van der Waals surface area contributed by atoms with Gasteiger partial charge in [-0.2, -0.15) is 5.10 Å². The Balaban J connectivity index is 1.82. The molecule has 1 aromatic carbocycles. The van der Waals surface area contributed by atoms with Crippen molar-refractivity contribution in [1.82, 2.24) is 34.9 Å². The van der Waals surface area contributed by atoms with Crippen molar-refractivity contribution < 1.29 is 22.6 Å². The predicted octanol–water partition coefficient (Wildman–Crippen LogP) is 2.94. The molecule has 0 aliphatic rings. The molecule has 0 radical (unpaired) electrons. The van der Waals surface area contributed by atoms with Crippen LogP contribution in [0.2, 0.25) is 5.02 Å². The van der Waals surface area contributed by atoms with Gasteiger partial charge in [-0.15, -0.1) is 10.2 Å². The van der Waals surface area contributed by atoms with Crippen molar-refractivity contribution in [3.05, 3.63) is 53.2 Å². The molecule has 0 saturated heterocycles. The van der Waals surface area contributed by atoms with Crippen LogP contribution in [-0.2, 0) is 14.8 Å². The second-order valence-electron chi connectivity index (χ2n) is 7.90. The quantitative estimate of drug-likeness (QED) is 0.301. The molecular weight excluding hydrogens is 524 g/mol. The van der Waals surface area contributed by atoms with Crippen molar-refractivity contribution in [2.24, 2.45) is 0 Å². The molecule has 4 aromatic rings. The largest absolute Gasteiger partial charge is 0.494 e.